The van der Waals surface area contributed by atoms with Gasteiger partial charge < -0.3 is 14.5 Å². The van der Waals surface area contributed by atoms with Crippen LogP contribution in [0.4, 0.5) is 4.79 Å². The molecule has 7 nitrogen and oxygen atoms in total. The maximum Gasteiger partial charge on any atom is 0.419 e. The summed E-state index contributed by atoms with van der Waals surface area (Å²) in [4.78, 5) is 39.5. The molecule has 3 heterocycles. The molecule has 4 rings (SSSR count). The summed E-state index contributed by atoms with van der Waals surface area (Å²) in [5.74, 6) is 0.0835. The summed E-state index contributed by atoms with van der Waals surface area (Å²) in [5, 5.41) is 2.09. The molecule has 1 aromatic carbocycles. The normalized spacial score (nSPS) is 18.2. The van der Waals surface area contributed by atoms with Gasteiger partial charge in [0.1, 0.15) is 11.4 Å². The van der Waals surface area contributed by atoms with E-state index in [1.54, 1.807) is 12.1 Å². The van der Waals surface area contributed by atoms with Crippen LogP contribution < -0.4 is 15.6 Å². The van der Waals surface area contributed by atoms with Gasteiger partial charge in [-0.15, -0.1) is 0 Å². The molecule has 2 aliphatic rings. The first-order valence-corrected chi connectivity index (χ1v) is 10.7. The third-order valence-electron chi connectivity index (χ3n) is 6.12. The number of cyclic esters (lactones) is 1. The number of alkyl carbamates (subject to hydrolysis) is 1. The topological polar surface area (TPSA) is 97.5 Å². The molecule has 166 valence electrons. The van der Waals surface area contributed by atoms with Gasteiger partial charge in [0.05, 0.1) is 0 Å². The van der Waals surface area contributed by atoms with Crippen molar-refractivity contribution in [2.24, 2.45) is 0 Å². The molecular weight excluding hydrogens is 408 g/mol. The van der Waals surface area contributed by atoms with E-state index in [1.807, 2.05) is 64.1 Å². The molecule has 0 atom stereocenters. The Morgan fingerprint density at radius 1 is 1.06 bits per heavy atom. The number of nitrogens with one attached hydrogen (secondary N) is 2. The number of H-pyrrole nitrogens is 1. The lowest BCUT2D eigenvalue weighted by atomic mass is 9.75. The summed E-state index contributed by atoms with van der Waals surface area (Å²) in [6.07, 6.45) is 5.92. The smallest absolute Gasteiger partial charge is 0.419 e. The van der Waals surface area contributed by atoms with Gasteiger partial charge in [-0.1, -0.05) is 38.1 Å². The molecule has 2 aliphatic heterocycles. The van der Waals surface area contributed by atoms with Crippen molar-refractivity contribution in [3.8, 4) is 17.0 Å². The zero-order valence-electron chi connectivity index (χ0n) is 18.6. The Labute approximate surface area is 186 Å². The fourth-order valence-corrected chi connectivity index (χ4v) is 4.15. The highest BCUT2D eigenvalue weighted by Gasteiger charge is 2.35. The summed E-state index contributed by atoms with van der Waals surface area (Å²) in [6, 6.07) is 9.44. The molecule has 0 bridgehead atoms. The molecule has 0 saturated carbocycles. The Hall–Kier alpha value is -3.61. The SMILES string of the molecule is CCC(/C=C1\OC(=O)NC1=O)(CC)c1ccc(-c2ccc3c(c2)OC(C)(C)C=C3)[nH]c1=O. The van der Waals surface area contributed by atoms with E-state index >= 15 is 0 Å². The molecule has 2 amide bonds. The first kappa shape index (κ1) is 21.6. The zero-order valence-corrected chi connectivity index (χ0v) is 18.6. The van der Waals surface area contributed by atoms with E-state index in [9.17, 15) is 14.4 Å². The number of amides is 2. The third-order valence-corrected chi connectivity index (χ3v) is 6.12. The van der Waals surface area contributed by atoms with Crippen LogP contribution >= 0.6 is 0 Å². The Kier molecular flexibility index (Phi) is 5.28. The lowest BCUT2D eigenvalue weighted by molar-refractivity contribution is -0.116. The number of imide groups is 1. The molecule has 1 aromatic heterocycles. The van der Waals surface area contributed by atoms with Crippen molar-refractivity contribution in [2.75, 3.05) is 0 Å². The minimum Gasteiger partial charge on any atom is -0.483 e. The number of aromatic nitrogens is 1. The van der Waals surface area contributed by atoms with Crippen LogP contribution in [0.1, 0.15) is 51.7 Å². The van der Waals surface area contributed by atoms with Crippen LogP contribution in [0.15, 0.2) is 53.0 Å². The third kappa shape index (κ3) is 3.86. The number of rotatable bonds is 5. The van der Waals surface area contributed by atoms with Crippen molar-refractivity contribution >= 4 is 18.1 Å². The number of allylic oxidation sites excluding steroid dienone is 1. The predicted octanol–water partition coefficient (Wildman–Crippen LogP) is 4.43. The zero-order chi connectivity index (χ0) is 23.1. The summed E-state index contributed by atoms with van der Waals surface area (Å²) in [6.45, 7) is 7.83. The monoisotopic (exact) mass is 434 g/mol. The fraction of sp³-hybridized carbons (Fsp3) is 0.320. The highest BCUT2D eigenvalue weighted by atomic mass is 16.6. The molecule has 0 aliphatic carbocycles. The van der Waals surface area contributed by atoms with Crippen LogP contribution in [0.5, 0.6) is 5.75 Å². The van der Waals surface area contributed by atoms with Gasteiger partial charge in [-0.2, -0.15) is 0 Å². The Morgan fingerprint density at radius 3 is 2.44 bits per heavy atom. The number of carbonyl (C=O) groups excluding carboxylic acids is 2. The van der Waals surface area contributed by atoms with Crippen LogP contribution in [0, 0.1) is 0 Å². The number of hydrogen-bond donors (Lipinski definition) is 2. The average molecular weight is 434 g/mol. The Morgan fingerprint density at radius 2 is 1.81 bits per heavy atom. The van der Waals surface area contributed by atoms with E-state index in [-0.39, 0.29) is 11.3 Å². The predicted molar refractivity (Wildman–Crippen MR) is 121 cm³/mol. The first-order valence-electron chi connectivity index (χ1n) is 10.7. The Balaban J connectivity index is 1.73. The maximum absolute atomic E-state index is 13.2. The lowest BCUT2D eigenvalue weighted by Gasteiger charge is -2.29. The van der Waals surface area contributed by atoms with Crippen molar-refractivity contribution in [1.29, 1.82) is 0 Å². The summed E-state index contributed by atoms with van der Waals surface area (Å²) in [5.41, 5.74) is 1.58. The van der Waals surface area contributed by atoms with Crippen molar-refractivity contribution in [1.82, 2.24) is 10.3 Å². The molecule has 1 saturated heterocycles. The number of fused-ring (bicyclic) bond motifs is 1. The minimum absolute atomic E-state index is 0.0790. The maximum atomic E-state index is 13.2. The second kappa shape index (κ2) is 7.82. The first-order chi connectivity index (χ1) is 15.2. The molecule has 2 N–H and O–H groups in total. The van der Waals surface area contributed by atoms with Crippen molar-refractivity contribution in [3.63, 3.8) is 0 Å². The highest BCUT2D eigenvalue weighted by Crippen LogP contribution is 2.36. The summed E-state index contributed by atoms with van der Waals surface area (Å²) < 4.78 is 11.0. The van der Waals surface area contributed by atoms with Gasteiger partial charge in [-0.25, -0.2) is 4.79 Å². The summed E-state index contributed by atoms with van der Waals surface area (Å²) >= 11 is 0. The van der Waals surface area contributed by atoms with Gasteiger partial charge in [0.2, 0.25) is 0 Å². The molecule has 7 heteroatoms. The summed E-state index contributed by atoms with van der Waals surface area (Å²) in [7, 11) is 0. The number of hydrogen-bond acceptors (Lipinski definition) is 5. The minimum atomic E-state index is -0.806. The number of ether oxygens (including phenoxy) is 2. The van der Waals surface area contributed by atoms with Crippen LogP contribution in [0.25, 0.3) is 17.3 Å². The number of carbonyl (C=O) groups is 2. The molecule has 0 spiro atoms. The largest absolute Gasteiger partial charge is 0.483 e. The van der Waals surface area contributed by atoms with Crippen LogP contribution in [0.2, 0.25) is 0 Å². The molecular formula is C25H26N2O5. The number of pyridine rings is 1. The standard InChI is InChI=1S/C25H26N2O5/c1-5-25(6-2,14-20-22(29)27-23(30)31-20)17-9-10-18(26-21(17)28)16-8-7-15-11-12-24(3,4)32-19(15)13-16/h7-14H,5-6H2,1-4H3,(H,26,28)(H,27,29,30)/b20-14-. The van der Waals surface area contributed by atoms with Crippen molar-refractivity contribution in [2.45, 2.75) is 51.6 Å². The van der Waals surface area contributed by atoms with E-state index in [4.69, 9.17) is 9.47 Å². The van der Waals surface area contributed by atoms with E-state index in [1.165, 1.54) is 0 Å². The van der Waals surface area contributed by atoms with Gasteiger partial charge in [0.15, 0.2) is 5.76 Å². The van der Waals surface area contributed by atoms with Crippen molar-refractivity contribution in [3.05, 3.63) is 69.7 Å². The van der Waals surface area contributed by atoms with E-state index in [0.717, 1.165) is 16.9 Å². The van der Waals surface area contributed by atoms with E-state index in [2.05, 4.69) is 10.3 Å². The second-order valence-corrected chi connectivity index (χ2v) is 8.62. The molecule has 1 fully saturated rings. The van der Waals surface area contributed by atoms with Gasteiger partial charge in [0.25, 0.3) is 11.5 Å². The van der Waals surface area contributed by atoms with Crippen LogP contribution in [0.3, 0.4) is 0 Å². The van der Waals surface area contributed by atoms with Gasteiger partial charge in [0, 0.05) is 27.8 Å². The average Bonchev–Trinajstić information content (AvgIpc) is 3.07. The van der Waals surface area contributed by atoms with Gasteiger partial charge in [-0.3, -0.25) is 14.9 Å². The lowest BCUT2D eigenvalue weighted by Crippen LogP contribution is -2.31. The fourth-order valence-electron chi connectivity index (χ4n) is 4.15. The van der Waals surface area contributed by atoms with Gasteiger partial charge in [-0.05, 0) is 51.0 Å². The number of benzene rings is 1. The van der Waals surface area contributed by atoms with E-state index < -0.39 is 23.0 Å². The van der Waals surface area contributed by atoms with Crippen molar-refractivity contribution < 1.29 is 19.1 Å². The van der Waals surface area contributed by atoms with Crippen LogP contribution in [-0.2, 0) is 14.9 Å². The van der Waals surface area contributed by atoms with E-state index in [0.29, 0.717) is 24.1 Å². The van der Waals surface area contributed by atoms with Crippen LogP contribution in [-0.4, -0.2) is 22.6 Å². The molecule has 0 unspecified atom stereocenters. The second-order valence-electron chi connectivity index (χ2n) is 8.62. The quantitative estimate of drug-likeness (QED) is 0.679. The molecule has 0 radical (unpaired) electrons. The highest BCUT2D eigenvalue weighted by molar-refractivity contribution is 6.07. The Bertz CT molecular complexity index is 1220. The molecule has 2 aromatic rings. The number of aromatic amines is 1. The molecule has 32 heavy (non-hydrogen) atoms. The van der Waals surface area contributed by atoms with Gasteiger partial charge >= 0.3 is 6.09 Å².